The van der Waals surface area contributed by atoms with Gasteiger partial charge in [-0.1, -0.05) is 53.9 Å². The predicted molar refractivity (Wildman–Crippen MR) is 137 cm³/mol. The van der Waals surface area contributed by atoms with Crippen molar-refractivity contribution >= 4 is 23.1 Å². The number of hydrogen-bond acceptors (Lipinski definition) is 3. The van der Waals surface area contributed by atoms with Gasteiger partial charge in [0, 0.05) is 13.0 Å². The summed E-state index contributed by atoms with van der Waals surface area (Å²) in [7, 11) is 0. The van der Waals surface area contributed by atoms with Crippen LogP contribution in [0.5, 0.6) is 0 Å². The molecule has 0 bridgehead atoms. The van der Waals surface area contributed by atoms with E-state index in [4.69, 9.17) is 9.47 Å². The molecule has 0 unspecified atom stereocenters. The van der Waals surface area contributed by atoms with Crippen molar-refractivity contribution in [1.82, 2.24) is 0 Å². The number of epoxide rings is 1. The molecule has 1 heterocycles. The van der Waals surface area contributed by atoms with Crippen LogP contribution in [0.1, 0.15) is 112 Å². The second-order valence-corrected chi connectivity index (χ2v) is 14.2. The first-order valence-corrected chi connectivity index (χ1v) is 14.5. The van der Waals surface area contributed by atoms with Gasteiger partial charge in [-0.15, -0.1) is 6.61 Å². The minimum Gasteiger partial charge on any atom is -1.00 e. The van der Waals surface area contributed by atoms with E-state index >= 15 is 0 Å². The SMILES string of the molecule is CC(C)CCC[C@@H](C)[C@H]1CC[C@H]2[C@@H]3CC[C@H]4C[C@]5(C)O[C@]5(OCC[O-])C[C@]4(C)[C@H]3CC[C@]12C.[I-].[Mg+2]. The van der Waals surface area contributed by atoms with Crippen molar-refractivity contribution in [2.75, 3.05) is 13.2 Å². The summed E-state index contributed by atoms with van der Waals surface area (Å²) in [6.45, 7) is 15.0. The Morgan fingerprint density at radius 3 is 2.34 bits per heavy atom. The van der Waals surface area contributed by atoms with Crippen LogP contribution in [0.15, 0.2) is 0 Å². The van der Waals surface area contributed by atoms with Gasteiger partial charge in [0.2, 0.25) is 0 Å². The molecule has 0 aromatic carbocycles. The molecule has 0 spiro atoms. The molecule has 5 heteroatoms. The van der Waals surface area contributed by atoms with E-state index in [0.717, 1.165) is 54.3 Å². The monoisotopic (exact) mass is 610 g/mol. The van der Waals surface area contributed by atoms with Crippen molar-refractivity contribution < 1.29 is 38.6 Å². The van der Waals surface area contributed by atoms with Crippen LogP contribution in [-0.2, 0) is 9.47 Å². The van der Waals surface area contributed by atoms with Gasteiger partial charge in [0.05, 0.1) is 0 Å². The van der Waals surface area contributed by atoms with Gasteiger partial charge in [0.1, 0.15) is 5.60 Å². The van der Waals surface area contributed by atoms with Crippen molar-refractivity contribution in [2.45, 2.75) is 124 Å². The average molecular weight is 611 g/mol. The normalized spacial score (nSPS) is 48.5. The third-order valence-electron chi connectivity index (χ3n) is 12.1. The van der Waals surface area contributed by atoms with Gasteiger partial charge >= 0.3 is 23.1 Å². The van der Waals surface area contributed by atoms with Gasteiger partial charge in [-0.3, -0.25) is 0 Å². The van der Waals surface area contributed by atoms with Gasteiger partial charge in [-0.2, -0.15) is 0 Å². The summed E-state index contributed by atoms with van der Waals surface area (Å²) in [4.78, 5) is 0. The third-order valence-corrected chi connectivity index (χ3v) is 12.1. The first kappa shape index (κ1) is 30.9. The quantitative estimate of drug-likeness (QED) is 0.241. The molecular weight excluding hydrogens is 560 g/mol. The summed E-state index contributed by atoms with van der Waals surface area (Å²) >= 11 is 0. The molecule has 5 fully saturated rings. The van der Waals surface area contributed by atoms with Crippen molar-refractivity contribution in [1.29, 1.82) is 0 Å². The third kappa shape index (κ3) is 5.05. The fourth-order valence-electron chi connectivity index (χ4n) is 10.3. The zero-order chi connectivity index (χ0) is 23.6. The summed E-state index contributed by atoms with van der Waals surface area (Å²) in [5, 5.41) is 11.2. The van der Waals surface area contributed by atoms with E-state index in [0.29, 0.717) is 17.4 Å². The molecule has 0 aromatic heterocycles. The molecule has 4 saturated carbocycles. The summed E-state index contributed by atoms with van der Waals surface area (Å²) in [5.41, 5.74) is 0.716. The Hall–Kier alpha value is 1.38. The first-order chi connectivity index (χ1) is 15.6. The largest absolute Gasteiger partial charge is 2.00 e. The number of halogens is 1. The van der Waals surface area contributed by atoms with E-state index in [-0.39, 0.29) is 59.2 Å². The Labute approximate surface area is 249 Å². The summed E-state index contributed by atoms with van der Waals surface area (Å²) in [6.07, 6.45) is 14.9. The molecular formula is C30H51IMgO3. The summed E-state index contributed by atoms with van der Waals surface area (Å²) in [5.74, 6) is 5.54. The van der Waals surface area contributed by atoms with Crippen molar-refractivity contribution in [3.8, 4) is 0 Å². The number of fused-ring (bicyclic) bond motifs is 6. The number of ether oxygens (including phenoxy) is 2. The summed E-state index contributed by atoms with van der Waals surface area (Å²) in [6, 6.07) is 0. The van der Waals surface area contributed by atoms with Crippen LogP contribution in [0.4, 0.5) is 0 Å². The molecule has 10 atom stereocenters. The van der Waals surface area contributed by atoms with Crippen LogP contribution in [0.2, 0.25) is 0 Å². The molecule has 1 aliphatic heterocycles. The van der Waals surface area contributed by atoms with E-state index < -0.39 is 5.79 Å². The van der Waals surface area contributed by atoms with Crippen molar-refractivity contribution in [2.24, 2.45) is 52.3 Å². The fourth-order valence-corrected chi connectivity index (χ4v) is 10.3. The van der Waals surface area contributed by atoms with Gasteiger partial charge in [0.15, 0.2) is 5.79 Å². The Balaban J connectivity index is 0.00000171. The van der Waals surface area contributed by atoms with Gasteiger partial charge < -0.3 is 38.6 Å². The maximum Gasteiger partial charge on any atom is 2.00 e. The second kappa shape index (κ2) is 11.1. The zero-order valence-corrected chi connectivity index (χ0v) is 27.1. The number of hydrogen-bond donors (Lipinski definition) is 0. The Kier molecular flexibility index (Phi) is 9.80. The van der Waals surface area contributed by atoms with E-state index in [9.17, 15) is 5.11 Å². The van der Waals surface area contributed by atoms with Crippen LogP contribution in [0, 0.1) is 52.3 Å². The van der Waals surface area contributed by atoms with Gasteiger partial charge in [0.25, 0.3) is 0 Å². The molecule has 1 saturated heterocycles. The molecule has 0 aromatic rings. The fraction of sp³-hybridized carbons (Fsp3) is 1.00. The predicted octanol–water partition coefficient (Wildman–Crippen LogP) is 3.20. The Morgan fingerprint density at radius 2 is 1.66 bits per heavy atom. The standard InChI is InChI=1S/C30H51O3.HI.Mg/c1-20(2)8-7-9-21(3)24-12-13-25-23-11-10-22-18-29(6)30(33-29,32-17-16-31)19-28(22,5)26(23)14-15-27(24,25)4;;/h20-26H,7-19H2,1-6H3;1H;/q-1;;+2/p-1/t21-,22+,23+,24-,25+,26+,27-,28+,29+,30-;;/m1../s1. The zero-order valence-electron chi connectivity index (χ0n) is 23.5. The first-order valence-electron chi connectivity index (χ1n) is 14.5. The van der Waals surface area contributed by atoms with Crippen LogP contribution in [0.25, 0.3) is 0 Å². The molecule has 3 nitrogen and oxygen atoms in total. The summed E-state index contributed by atoms with van der Waals surface area (Å²) < 4.78 is 12.5. The van der Waals surface area contributed by atoms with Crippen LogP contribution in [-0.4, -0.2) is 47.7 Å². The number of rotatable bonds is 8. The second-order valence-electron chi connectivity index (χ2n) is 14.2. The smallest absolute Gasteiger partial charge is 1.00 e. The van der Waals surface area contributed by atoms with E-state index in [1.54, 1.807) is 0 Å². The van der Waals surface area contributed by atoms with Crippen LogP contribution >= 0.6 is 0 Å². The minimum atomic E-state index is -0.464. The Morgan fingerprint density at radius 1 is 0.943 bits per heavy atom. The molecule has 4 aliphatic carbocycles. The van der Waals surface area contributed by atoms with E-state index in [1.807, 2.05) is 0 Å². The van der Waals surface area contributed by atoms with E-state index in [2.05, 4.69) is 41.5 Å². The maximum atomic E-state index is 11.2. The van der Waals surface area contributed by atoms with E-state index in [1.165, 1.54) is 57.8 Å². The molecule has 35 heavy (non-hydrogen) atoms. The van der Waals surface area contributed by atoms with Gasteiger partial charge in [-0.25, -0.2) is 0 Å². The van der Waals surface area contributed by atoms with Crippen LogP contribution < -0.4 is 29.1 Å². The topological polar surface area (TPSA) is 44.8 Å². The van der Waals surface area contributed by atoms with Crippen molar-refractivity contribution in [3.63, 3.8) is 0 Å². The molecule has 0 N–H and O–H groups in total. The van der Waals surface area contributed by atoms with Crippen LogP contribution in [0.3, 0.4) is 0 Å². The molecule has 0 radical (unpaired) electrons. The Bertz CT molecular complexity index is 734. The van der Waals surface area contributed by atoms with Crippen molar-refractivity contribution in [3.05, 3.63) is 0 Å². The molecule has 0 amide bonds. The van der Waals surface area contributed by atoms with Gasteiger partial charge in [-0.05, 0) is 104 Å². The molecule has 5 aliphatic rings. The maximum absolute atomic E-state index is 11.2. The molecule has 198 valence electrons. The average Bonchev–Trinajstić information content (AvgIpc) is 3.15. The minimum absolute atomic E-state index is 0. The molecule has 5 rings (SSSR count).